The number of carbonyl (C=O) groups is 1. The summed E-state index contributed by atoms with van der Waals surface area (Å²) in [4.78, 5) is 25.8. The average Bonchev–Trinajstić information content (AvgIpc) is 3.33. The molecule has 4 heterocycles. The van der Waals surface area contributed by atoms with Gasteiger partial charge in [-0.3, -0.25) is 9.78 Å². The van der Waals surface area contributed by atoms with Crippen LogP contribution in [0.4, 0.5) is 5.69 Å². The molecule has 1 atom stereocenters. The van der Waals surface area contributed by atoms with E-state index in [1.54, 1.807) is 6.20 Å². The molecule has 0 aliphatic carbocycles. The van der Waals surface area contributed by atoms with Crippen molar-refractivity contribution in [1.29, 1.82) is 0 Å². The van der Waals surface area contributed by atoms with Crippen LogP contribution < -0.4 is 4.90 Å². The number of anilines is 1. The molecule has 0 radical (unpaired) electrons. The number of piperidine rings is 1. The summed E-state index contributed by atoms with van der Waals surface area (Å²) in [7, 11) is 0. The quantitative estimate of drug-likeness (QED) is 0.853. The Balaban J connectivity index is 1.49. The Morgan fingerprint density at radius 1 is 1.24 bits per heavy atom. The van der Waals surface area contributed by atoms with E-state index < -0.39 is 0 Å². The minimum absolute atomic E-state index is 0.0121. The summed E-state index contributed by atoms with van der Waals surface area (Å²) in [5.74, 6) is 1.37. The van der Waals surface area contributed by atoms with Gasteiger partial charge < -0.3 is 14.3 Å². The van der Waals surface area contributed by atoms with E-state index in [1.165, 1.54) is 12.8 Å². The lowest BCUT2D eigenvalue weighted by Gasteiger charge is -2.31. The molecule has 7 heteroatoms. The Morgan fingerprint density at radius 3 is 2.84 bits per heavy atom. The van der Waals surface area contributed by atoms with Crippen LogP contribution in [-0.4, -0.2) is 52.1 Å². The van der Waals surface area contributed by atoms with Crippen molar-refractivity contribution in [3.8, 4) is 0 Å². The fraction of sp³-hybridized carbons (Fsp3) is 0.556. The van der Waals surface area contributed by atoms with E-state index in [4.69, 9.17) is 4.52 Å². The molecule has 1 amide bonds. The van der Waals surface area contributed by atoms with Gasteiger partial charge in [-0.25, -0.2) is 0 Å². The van der Waals surface area contributed by atoms with Crippen LogP contribution in [0.5, 0.6) is 0 Å². The Labute approximate surface area is 147 Å². The van der Waals surface area contributed by atoms with Crippen LogP contribution in [0.3, 0.4) is 0 Å². The minimum Gasteiger partial charge on any atom is -0.371 e. The van der Waals surface area contributed by atoms with Gasteiger partial charge in [0.1, 0.15) is 5.69 Å². The number of aromatic nitrogens is 3. The maximum atomic E-state index is 12.9. The third kappa shape index (κ3) is 3.36. The second kappa shape index (κ2) is 6.82. The summed E-state index contributed by atoms with van der Waals surface area (Å²) >= 11 is 0. The van der Waals surface area contributed by atoms with Gasteiger partial charge in [0, 0.05) is 38.1 Å². The van der Waals surface area contributed by atoms with Gasteiger partial charge in [-0.1, -0.05) is 5.16 Å². The van der Waals surface area contributed by atoms with Crippen LogP contribution in [0.15, 0.2) is 22.9 Å². The number of pyridine rings is 1. The molecule has 2 fully saturated rings. The van der Waals surface area contributed by atoms with Gasteiger partial charge in [-0.15, -0.1) is 0 Å². The number of carbonyl (C=O) groups excluding carboxylic acids is 1. The Hall–Kier alpha value is -2.44. The van der Waals surface area contributed by atoms with Crippen LogP contribution >= 0.6 is 0 Å². The summed E-state index contributed by atoms with van der Waals surface area (Å²) in [6, 6.07) is 3.91. The molecule has 132 valence electrons. The van der Waals surface area contributed by atoms with Gasteiger partial charge in [0.2, 0.25) is 5.89 Å². The second-order valence-corrected chi connectivity index (χ2v) is 6.86. The van der Waals surface area contributed by atoms with Crippen molar-refractivity contribution in [3.05, 3.63) is 35.7 Å². The van der Waals surface area contributed by atoms with Crippen molar-refractivity contribution in [2.24, 2.45) is 0 Å². The SMILES string of the molecule is Cc1noc([C@H]2CCCN(C(=O)c3cc(N4CCCC4)ccn3)C2)n1. The maximum absolute atomic E-state index is 12.9. The molecule has 2 aromatic rings. The van der Waals surface area contributed by atoms with E-state index in [-0.39, 0.29) is 11.8 Å². The minimum atomic E-state index is -0.0121. The first kappa shape index (κ1) is 16.1. The lowest BCUT2D eigenvalue weighted by Crippen LogP contribution is -2.39. The molecule has 4 rings (SSSR count). The summed E-state index contributed by atoms with van der Waals surface area (Å²) in [6.45, 7) is 5.28. The highest BCUT2D eigenvalue weighted by Gasteiger charge is 2.29. The topological polar surface area (TPSA) is 75.4 Å². The molecule has 2 aromatic heterocycles. The monoisotopic (exact) mass is 341 g/mol. The number of rotatable bonds is 3. The van der Waals surface area contributed by atoms with Gasteiger partial charge in [0.25, 0.3) is 5.91 Å². The van der Waals surface area contributed by atoms with E-state index in [2.05, 4.69) is 20.0 Å². The molecule has 25 heavy (non-hydrogen) atoms. The number of amides is 1. The number of nitrogens with zero attached hydrogens (tertiary/aromatic N) is 5. The molecule has 0 bridgehead atoms. The summed E-state index contributed by atoms with van der Waals surface area (Å²) in [5.41, 5.74) is 1.61. The predicted molar refractivity (Wildman–Crippen MR) is 92.6 cm³/mol. The Morgan fingerprint density at radius 2 is 2.08 bits per heavy atom. The van der Waals surface area contributed by atoms with E-state index in [9.17, 15) is 4.79 Å². The molecule has 2 saturated heterocycles. The molecule has 7 nitrogen and oxygen atoms in total. The Bertz CT molecular complexity index is 753. The zero-order valence-electron chi connectivity index (χ0n) is 14.5. The van der Waals surface area contributed by atoms with E-state index in [0.29, 0.717) is 24.0 Å². The second-order valence-electron chi connectivity index (χ2n) is 6.86. The summed E-state index contributed by atoms with van der Waals surface area (Å²) in [5, 5.41) is 3.87. The number of likely N-dealkylation sites (tertiary alicyclic amines) is 1. The summed E-state index contributed by atoms with van der Waals surface area (Å²) in [6.07, 6.45) is 6.06. The van der Waals surface area contributed by atoms with Gasteiger partial charge in [-0.2, -0.15) is 4.98 Å². The van der Waals surface area contributed by atoms with Crippen molar-refractivity contribution in [2.75, 3.05) is 31.1 Å². The van der Waals surface area contributed by atoms with E-state index >= 15 is 0 Å². The summed E-state index contributed by atoms with van der Waals surface area (Å²) < 4.78 is 5.30. The van der Waals surface area contributed by atoms with Crippen LogP contribution in [0.25, 0.3) is 0 Å². The largest absolute Gasteiger partial charge is 0.371 e. The van der Waals surface area contributed by atoms with Gasteiger partial charge >= 0.3 is 0 Å². The first-order valence-corrected chi connectivity index (χ1v) is 9.01. The third-order valence-electron chi connectivity index (χ3n) is 5.03. The fourth-order valence-electron chi connectivity index (χ4n) is 3.71. The van der Waals surface area contributed by atoms with Crippen LogP contribution in [0, 0.1) is 6.92 Å². The number of hydrogen-bond acceptors (Lipinski definition) is 6. The standard InChI is InChI=1S/C18H23N5O2/c1-13-20-17(25-21-13)14-5-4-10-23(12-14)18(24)16-11-15(6-7-19-16)22-8-2-3-9-22/h6-7,11,14H,2-5,8-10,12H2,1H3/t14-/m0/s1. The average molecular weight is 341 g/mol. The van der Waals surface area contributed by atoms with E-state index in [0.717, 1.165) is 38.2 Å². The lowest BCUT2D eigenvalue weighted by atomic mass is 9.97. The Kier molecular flexibility index (Phi) is 4.38. The predicted octanol–water partition coefficient (Wildman–Crippen LogP) is 2.39. The molecule has 0 N–H and O–H groups in total. The number of aryl methyl sites for hydroxylation is 1. The highest BCUT2D eigenvalue weighted by Crippen LogP contribution is 2.27. The first-order chi connectivity index (χ1) is 12.2. The van der Waals surface area contributed by atoms with Gasteiger partial charge in [-0.05, 0) is 44.7 Å². The molecular formula is C18H23N5O2. The zero-order chi connectivity index (χ0) is 17.2. The van der Waals surface area contributed by atoms with Crippen molar-refractivity contribution in [1.82, 2.24) is 20.0 Å². The maximum Gasteiger partial charge on any atom is 0.272 e. The smallest absolute Gasteiger partial charge is 0.272 e. The van der Waals surface area contributed by atoms with Crippen molar-refractivity contribution in [3.63, 3.8) is 0 Å². The third-order valence-corrected chi connectivity index (χ3v) is 5.03. The molecular weight excluding hydrogens is 318 g/mol. The highest BCUT2D eigenvalue weighted by molar-refractivity contribution is 5.93. The highest BCUT2D eigenvalue weighted by atomic mass is 16.5. The van der Waals surface area contributed by atoms with Crippen molar-refractivity contribution < 1.29 is 9.32 Å². The number of hydrogen-bond donors (Lipinski definition) is 0. The van der Waals surface area contributed by atoms with Crippen LogP contribution in [-0.2, 0) is 0 Å². The van der Waals surface area contributed by atoms with Gasteiger partial charge in [0.05, 0.1) is 5.92 Å². The zero-order valence-corrected chi connectivity index (χ0v) is 14.5. The molecule has 2 aliphatic rings. The molecule has 0 unspecified atom stereocenters. The first-order valence-electron chi connectivity index (χ1n) is 9.01. The van der Waals surface area contributed by atoms with Crippen molar-refractivity contribution >= 4 is 11.6 Å². The van der Waals surface area contributed by atoms with E-state index in [1.807, 2.05) is 24.0 Å². The molecule has 0 spiro atoms. The van der Waals surface area contributed by atoms with Crippen molar-refractivity contribution in [2.45, 2.75) is 38.5 Å². The molecule has 0 aromatic carbocycles. The fourth-order valence-corrected chi connectivity index (χ4v) is 3.71. The van der Waals surface area contributed by atoms with Crippen LogP contribution in [0.1, 0.15) is 53.8 Å². The lowest BCUT2D eigenvalue weighted by molar-refractivity contribution is 0.0689. The normalized spacial score (nSPS) is 20.9. The van der Waals surface area contributed by atoms with Crippen LogP contribution in [0.2, 0.25) is 0 Å². The van der Waals surface area contributed by atoms with Gasteiger partial charge in [0.15, 0.2) is 5.82 Å². The molecule has 0 saturated carbocycles. The molecule has 2 aliphatic heterocycles.